The normalized spacial score (nSPS) is 16.2. The van der Waals surface area contributed by atoms with E-state index in [1.165, 1.54) is 32.4 Å². The Hall–Kier alpha value is -2.05. The second-order valence-electron chi connectivity index (χ2n) is 6.34. The van der Waals surface area contributed by atoms with Crippen molar-refractivity contribution in [3.63, 3.8) is 0 Å². The maximum Gasteiger partial charge on any atom is 0.285 e. The molecular formula is C17H24F2N5OP. The number of nitrogens with zero attached hydrogens (tertiary/aromatic N) is 2. The van der Waals surface area contributed by atoms with E-state index in [0.717, 1.165) is 25.7 Å². The minimum absolute atomic E-state index is 0.0238. The number of hydrogen-bond donors (Lipinski definition) is 3. The third-order valence-electron chi connectivity index (χ3n) is 4.46. The van der Waals surface area contributed by atoms with E-state index in [1.54, 1.807) is 13.0 Å². The van der Waals surface area contributed by atoms with Gasteiger partial charge in [-0.3, -0.25) is 9.80 Å². The first kappa shape index (κ1) is 20.3. The second-order valence-corrected chi connectivity index (χ2v) is 7.07. The molecule has 0 aliphatic heterocycles. The van der Waals surface area contributed by atoms with Gasteiger partial charge in [-0.2, -0.15) is 13.8 Å². The standard InChI is InChI=1S/C17H24F2N5OP/c1-10(15(25)23-16(20)21)14(11-6-2-3-7-11)24(22)13-9-5-4-8-12(13)17(18,19)26/h4-5,8-9,11H,2-3,6-7,22,26H2,1H3,(H4,20,21,23,25)/b14-10+. The van der Waals surface area contributed by atoms with Crippen LogP contribution in [0.25, 0.3) is 0 Å². The number of halogens is 2. The predicted octanol–water partition coefficient (Wildman–Crippen LogP) is 2.56. The first-order valence-corrected chi connectivity index (χ1v) is 8.86. The molecule has 0 heterocycles. The number of aliphatic imine (C=N–C) groups is 1. The molecule has 1 aliphatic rings. The molecule has 9 heteroatoms. The second kappa shape index (κ2) is 8.10. The zero-order valence-corrected chi connectivity index (χ0v) is 15.7. The van der Waals surface area contributed by atoms with Crippen LogP contribution in [0.5, 0.6) is 0 Å². The molecule has 0 saturated heterocycles. The SMILES string of the molecule is C/C(C(=O)N=C(N)N)=C(/C1CCCC1)N(N)c1ccccc1C(F)(F)P. The third kappa shape index (κ3) is 4.56. The van der Waals surface area contributed by atoms with Gasteiger partial charge in [-0.25, -0.2) is 5.84 Å². The predicted molar refractivity (Wildman–Crippen MR) is 102 cm³/mol. The molecular weight excluding hydrogens is 359 g/mol. The summed E-state index contributed by atoms with van der Waals surface area (Å²) in [5.41, 5.74) is 8.02. The fourth-order valence-electron chi connectivity index (χ4n) is 3.29. The van der Waals surface area contributed by atoms with Crippen LogP contribution in [-0.2, 0) is 10.5 Å². The van der Waals surface area contributed by atoms with Gasteiger partial charge in [0.25, 0.3) is 11.6 Å². The largest absolute Gasteiger partial charge is 0.370 e. The number of benzene rings is 1. The number of allylic oxidation sites excluding steroid dienone is 1. The Balaban J connectivity index is 2.57. The number of anilines is 1. The highest BCUT2D eigenvalue weighted by molar-refractivity contribution is 7.17. The molecule has 1 unspecified atom stereocenters. The van der Waals surface area contributed by atoms with E-state index in [0.29, 0.717) is 5.70 Å². The van der Waals surface area contributed by atoms with Crippen LogP contribution in [0.4, 0.5) is 14.5 Å². The Kier molecular flexibility index (Phi) is 6.31. The van der Waals surface area contributed by atoms with E-state index in [9.17, 15) is 13.6 Å². The van der Waals surface area contributed by atoms with Crippen molar-refractivity contribution in [3.8, 4) is 0 Å². The molecule has 1 fully saturated rings. The molecule has 0 spiro atoms. The summed E-state index contributed by atoms with van der Waals surface area (Å²) in [5, 5.41) is 1.18. The van der Waals surface area contributed by atoms with Crippen molar-refractivity contribution in [2.24, 2.45) is 28.2 Å². The van der Waals surface area contributed by atoms with Crippen LogP contribution in [0.15, 0.2) is 40.5 Å². The Labute approximate surface area is 153 Å². The van der Waals surface area contributed by atoms with E-state index in [-0.39, 0.29) is 28.7 Å². The quantitative estimate of drug-likeness (QED) is 0.181. The Bertz CT molecular complexity index is 735. The van der Waals surface area contributed by atoms with E-state index in [1.807, 2.05) is 0 Å². The summed E-state index contributed by atoms with van der Waals surface area (Å²) < 4.78 is 28.0. The van der Waals surface area contributed by atoms with Crippen LogP contribution in [0.2, 0.25) is 0 Å². The summed E-state index contributed by atoms with van der Waals surface area (Å²) in [6.07, 6.45) is 3.59. The summed E-state index contributed by atoms with van der Waals surface area (Å²) in [6.45, 7) is 1.56. The highest BCUT2D eigenvalue weighted by atomic mass is 31.0. The molecule has 1 aromatic carbocycles. The van der Waals surface area contributed by atoms with Crippen molar-refractivity contribution < 1.29 is 13.6 Å². The molecule has 0 bridgehead atoms. The minimum atomic E-state index is -3.16. The third-order valence-corrected chi connectivity index (χ3v) is 4.77. The van der Waals surface area contributed by atoms with Crippen molar-refractivity contribution >= 4 is 26.8 Å². The lowest BCUT2D eigenvalue weighted by Gasteiger charge is -2.30. The smallest absolute Gasteiger partial charge is 0.285 e. The summed E-state index contributed by atoms with van der Waals surface area (Å²) in [5.74, 6) is 5.24. The maximum atomic E-state index is 14.0. The van der Waals surface area contributed by atoms with Gasteiger partial charge in [0.2, 0.25) is 0 Å². The maximum absolute atomic E-state index is 14.0. The van der Waals surface area contributed by atoms with Crippen LogP contribution < -0.4 is 22.3 Å². The molecule has 1 aliphatic carbocycles. The van der Waals surface area contributed by atoms with Gasteiger partial charge in [0.15, 0.2) is 5.96 Å². The summed E-state index contributed by atoms with van der Waals surface area (Å²) in [7, 11) is 1.51. The lowest BCUT2D eigenvalue weighted by atomic mass is 9.97. The molecule has 0 radical (unpaired) electrons. The number of carbonyl (C=O) groups excluding carboxylic acids is 1. The van der Waals surface area contributed by atoms with E-state index in [2.05, 4.69) is 4.99 Å². The number of hydrazine groups is 1. The van der Waals surface area contributed by atoms with Gasteiger partial charge < -0.3 is 11.5 Å². The summed E-state index contributed by atoms with van der Waals surface area (Å²) in [6, 6.07) is 5.94. The number of carbonyl (C=O) groups is 1. The topological polar surface area (TPSA) is 111 Å². The van der Waals surface area contributed by atoms with E-state index in [4.69, 9.17) is 17.3 Å². The fraction of sp³-hybridized carbons (Fsp3) is 0.412. The van der Waals surface area contributed by atoms with Crippen LogP contribution in [0, 0.1) is 5.92 Å². The van der Waals surface area contributed by atoms with Crippen LogP contribution in [0.3, 0.4) is 0 Å². The zero-order valence-electron chi connectivity index (χ0n) is 14.6. The van der Waals surface area contributed by atoms with Gasteiger partial charge in [0, 0.05) is 22.8 Å². The van der Waals surface area contributed by atoms with Crippen molar-refractivity contribution in [2.75, 3.05) is 5.01 Å². The summed E-state index contributed by atoms with van der Waals surface area (Å²) in [4.78, 5) is 15.9. The molecule has 142 valence electrons. The molecule has 0 aromatic heterocycles. The van der Waals surface area contributed by atoms with Gasteiger partial charge in [0.05, 0.1) is 5.69 Å². The Morgan fingerprint density at radius 1 is 1.27 bits per heavy atom. The average molecular weight is 383 g/mol. The van der Waals surface area contributed by atoms with Crippen LogP contribution in [0.1, 0.15) is 38.2 Å². The molecule has 6 N–H and O–H groups in total. The van der Waals surface area contributed by atoms with Crippen molar-refractivity contribution in [1.29, 1.82) is 0 Å². The number of para-hydroxylation sites is 1. The summed E-state index contributed by atoms with van der Waals surface area (Å²) >= 11 is 0. The number of amides is 1. The van der Waals surface area contributed by atoms with Crippen molar-refractivity contribution in [2.45, 2.75) is 38.3 Å². The van der Waals surface area contributed by atoms with Crippen molar-refractivity contribution in [1.82, 2.24) is 0 Å². The minimum Gasteiger partial charge on any atom is -0.370 e. The first-order valence-electron chi connectivity index (χ1n) is 8.28. The number of nitrogens with two attached hydrogens (primary N) is 3. The van der Waals surface area contributed by atoms with E-state index < -0.39 is 11.6 Å². The fourth-order valence-corrected chi connectivity index (χ4v) is 3.53. The molecule has 1 atom stereocenters. The number of hydrogen-bond acceptors (Lipinski definition) is 3. The average Bonchev–Trinajstić information content (AvgIpc) is 3.07. The number of alkyl halides is 2. The van der Waals surface area contributed by atoms with Crippen LogP contribution >= 0.6 is 9.24 Å². The highest BCUT2D eigenvalue weighted by Gasteiger charge is 2.33. The lowest BCUT2D eigenvalue weighted by Crippen LogP contribution is -2.36. The first-order chi connectivity index (χ1) is 12.1. The number of rotatable bonds is 5. The molecule has 26 heavy (non-hydrogen) atoms. The number of guanidine groups is 1. The Morgan fingerprint density at radius 3 is 2.38 bits per heavy atom. The van der Waals surface area contributed by atoms with Crippen molar-refractivity contribution in [3.05, 3.63) is 41.1 Å². The highest BCUT2D eigenvalue weighted by Crippen LogP contribution is 2.42. The monoisotopic (exact) mass is 383 g/mol. The van der Waals surface area contributed by atoms with Gasteiger partial charge in [-0.1, -0.05) is 40.3 Å². The van der Waals surface area contributed by atoms with Gasteiger partial charge in [-0.05, 0) is 25.8 Å². The molecule has 2 rings (SSSR count). The lowest BCUT2D eigenvalue weighted by molar-refractivity contribution is -0.114. The van der Waals surface area contributed by atoms with Gasteiger partial charge in [-0.15, -0.1) is 0 Å². The van der Waals surface area contributed by atoms with Gasteiger partial charge >= 0.3 is 0 Å². The molecule has 1 amide bonds. The van der Waals surface area contributed by atoms with E-state index >= 15 is 0 Å². The van der Waals surface area contributed by atoms with Crippen LogP contribution in [-0.4, -0.2) is 11.9 Å². The van der Waals surface area contributed by atoms with Gasteiger partial charge in [0.1, 0.15) is 0 Å². The zero-order chi connectivity index (χ0) is 19.5. The Morgan fingerprint density at radius 2 is 1.85 bits per heavy atom. The molecule has 6 nitrogen and oxygen atoms in total. The molecule has 1 saturated carbocycles. The molecule has 1 aromatic rings.